The van der Waals surface area contributed by atoms with Gasteiger partial charge in [-0.05, 0) is 26.3 Å². The van der Waals surface area contributed by atoms with Gasteiger partial charge in [-0.3, -0.25) is 0 Å². The minimum Gasteiger partial charge on any atom is -0.394 e. The van der Waals surface area contributed by atoms with Gasteiger partial charge in [0.25, 0.3) is 0 Å². The number of rotatable bonds is 5. The number of aliphatic hydroxyl groups is 1. The Kier molecular flexibility index (Phi) is 5.63. The van der Waals surface area contributed by atoms with Crippen LogP contribution in [-0.2, 0) is 10.7 Å². The minimum absolute atomic E-state index is 0.0700. The van der Waals surface area contributed by atoms with Crippen molar-refractivity contribution >= 4 is 29.3 Å². The Morgan fingerprint density at radius 2 is 2.07 bits per heavy atom. The molecule has 0 spiro atoms. The van der Waals surface area contributed by atoms with Crippen LogP contribution >= 0.6 is 7.14 Å². The lowest BCUT2D eigenvalue weighted by molar-refractivity contribution is -0.137. The number of nitriles is 1. The Bertz CT molecular complexity index is 1190. The van der Waals surface area contributed by atoms with E-state index >= 15 is 0 Å². The summed E-state index contributed by atoms with van der Waals surface area (Å²) in [5, 5.41) is 21.9. The van der Waals surface area contributed by atoms with Crippen LogP contribution in [0.1, 0.15) is 18.1 Å². The molecule has 0 aliphatic rings. The molecule has 0 aliphatic carbocycles. The third kappa shape index (κ3) is 4.04. The average Bonchev–Trinajstić information content (AvgIpc) is 3.08. The number of H-pyrrole nitrogens is 1. The van der Waals surface area contributed by atoms with Crippen molar-refractivity contribution in [3.05, 3.63) is 35.7 Å². The molecule has 3 N–H and O–H groups in total. The predicted molar refractivity (Wildman–Crippen MR) is 108 cm³/mol. The molecule has 2 heterocycles. The zero-order chi connectivity index (χ0) is 22.3. The number of hydrogen-bond acceptors (Lipinski definition) is 6. The maximum absolute atomic E-state index is 13.6. The highest BCUT2D eigenvalue weighted by atomic mass is 31.2. The summed E-state index contributed by atoms with van der Waals surface area (Å²) in [6.07, 6.45) is -2.68. The standard InChI is InChI=1S/C19H19F3N5O2P/c1-10(9-28)26-18-25-8-14(19(20,21)22)15(27-18)13-7-24-16-12(13)5-4-11(6-23)17(16)30(2,3)29/h4-5,7-8,10,24,28H,9H2,1-3H3,(H,25,26,27). The van der Waals surface area contributed by atoms with Crippen molar-refractivity contribution in [3.8, 4) is 17.3 Å². The first-order chi connectivity index (χ1) is 14.0. The fraction of sp³-hybridized carbons (Fsp3) is 0.316. The first-order valence-corrected chi connectivity index (χ1v) is 11.5. The summed E-state index contributed by atoms with van der Waals surface area (Å²) in [5.41, 5.74) is -0.732. The summed E-state index contributed by atoms with van der Waals surface area (Å²) < 4.78 is 53.7. The highest BCUT2D eigenvalue weighted by Gasteiger charge is 2.36. The van der Waals surface area contributed by atoms with Crippen molar-refractivity contribution in [2.75, 3.05) is 25.3 Å². The number of alkyl halides is 3. The third-order valence-corrected chi connectivity index (χ3v) is 6.03. The molecular weight excluding hydrogens is 418 g/mol. The molecule has 0 amide bonds. The first kappa shape index (κ1) is 21.8. The summed E-state index contributed by atoms with van der Waals surface area (Å²) in [6.45, 7) is 4.36. The van der Waals surface area contributed by atoms with Gasteiger partial charge in [0.1, 0.15) is 12.7 Å². The molecule has 158 valence electrons. The maximum atomic E-state index is 13.6. The van der Waals surface area contributed by atoms with Crippen molar-refractivity contribution in [1.82, 2.24) is 15.0 Å². The Balaban J connectivity index is 2.31. The van der Waals surface area contributed by atoms with Gasteiger partial charge >= 0.3 is 6.18 Å². The Labute approximate surface area is 170 Å². The van der Waals surface area contributed by atoms with E-state index in [0.29, 0.717) is 17.1 Å². The van der Waals surface area contributed by atoms with Crippen molar-refractivity contribution in [2.45, 2.75) is 19.1 Å². The van der Waals surface area contributed by atoms with Gasteiger partial charge in [-0.15, -0.1) is 0 Å². The number of aromatic nitrogens is 3. The van der Waals surface area contributed by atoms with Crippen LogP contribution in [0.4, 0.5) is 19.1 Å². The van der Waals surface area contributed by atoms with Gasteiger partial charge in [-0.1, -0.05) is 6.07 Å². The molecule has 1 aromatic carbocycles. The molecule has 0 saturated carbocycles. The monoisotopic (exact) mass is 437 g/mol. The van der Waals surface area contributed by atoms with Crippen molar-refractivity contribution in [3.63, 3.8) is 0 Å². The van der Waals surface area contributed by atoms with Crippen LogP contribution in [0.5, 0.6) is 0 Å². The average molecular weight is 437 g/mol. The molecule has 0 aliphatic heterocycles. The smallest absolute Gasteiger partial charge is 0.394 e. The molecule has 30 heavy (non-hydrogen) atoms. The molecule has 3 aromatic rings. The molecule has 0 radical (unpaired) electrons. The minimum atomic E-state index is -4.71. The maximum Gasteiger partial charge on any atom is 0.419 e. The molecule has 0 fully saturated rings. The Morgan fingerprint density at radius 3 is 2.63 bits per heavy atom. The Morgan fingerprint density at radius 1 is 1.37 bits per heavy atom. The number of anilines is 1. The number of nitrogens with zero attached hydrogens (tertiary/aromatic N) is 3. The lowest BCUT2D eigenvalue weighted by atomic mass is 10.0. The third-order valence-electron chi connectivity index (χ3n) is 4.49. The van der Waals surface area contributed by atoms with E-state index in [1.54, 1.807) is 6.92 Å². The molecule has 0 bridgehead atoms. The van der Waals surface area contributed by atoms with Gasteiger partial charge in [-0.2, -0.15) is 18.4 Å². The largest absolute Gasteiger partial charge is 0.419 e. The van der Waals surface area contributed by atoms with Crippen LogP contribution in [0.25, 0.3) is 22.2 Å². The van der Waals surface area contributed by atoms with Gasteiger partial charge in [0.2, 0.25) is 5.95 Å². The lowest BCUT2D eigenvalue weighted by Crippen LogP contribution is -2.21. The lowest BCUT2D eigenvalue weighted by Gasteiger charge is -2.15. The van der Waals surface area contributed by atoms with Gasteiger partial charge in [0.15, 0.2) is 0 Å². The van der Waals surface area contributed by atoms with Crippen molar-refractivity contribution in [2.24, 2.45) is 0 Å². The van der Waals surface area contributed by atoms with Crippen LogP contribution in [0.15, 0.2) is 24.5 Å². The van der Waals surface area contributed by atoms with Gasteiger partial charge in [0, 0.05) is 29.4 Å². The second-order valence-corrected chi connectivity index (χ2v) is 10.4. The van der Waals surface area contributed by atoms with E-state index in [2.05, 4.69) is 20.3 Å². The molecule has 2 aromatic heterocycles. The quantitative estimate of drug-likeness (QED) is 0.526. The number of halogens is 3. The topological polar surface area (TPSA) is 115 Å². The number of fused-ring (bicyclic) bond motifs is 1. The van der Waals surface area contributed by atoms with Crippen molar-refractivity contribution < 1.29 is 22.8 Å². The molecule has 11 heteroatoms. The van der Waals surface area contributed by atoms with Crippen LogP contribution in [0.2, 0.25) is 0 Å². The van der Waals surface area contributed by atoms with E-state index < -0.39 is 24.9 Å². The van der Waals surface area contributed by atoms with E-state index in [0.717, 1.165) is 0 Å². The molecule has 3 rings (SSSR count). The molecule has 1 atom stereocenters. The number of aliphatic hydroxyl groups excluding tert-OH is 1. The summed E-state index contributed by atoms with van der Waals surface area (Å²) in [6, 6.07) is 4.47. The summed E-state index contributed by atoms with van der Waals surface area (Å²) >= 11 is 0. The van der Waals surface area contributed by atoms with E-state index in [4.69, 9.17) is 0 Å². The fourth-order valence-corrected chi connectivity index (χ4v) is 4.59. The normalized spacial score (nSPS) is 13.3. The zero-order valence-corrected chi connectivity index (χ0v) is 17.3. The summed E-state index contributed by atoms with van der Waals surface area (Å²) in [5.74, 6) is -0.0700. The zero-order valence-electron chi connectivity index (χ0n) is 16.4. The summed E-state index contributed by atoms with van der Waals surface area (Å²) in [7, 11) is -2.92. The van der Waals surface area contributed by atoms with Crippen LogP contribution in [0, 0.1) is 11.3 Å². The number of hydrogen-bond donors (Lipinski definition) is 3. The fourth-order valence-electron chi connectivity index (χ4n) is 3.16. The van der Waals surface area contributed by atoms with Gasteiger partial charge in [0.05, 0.1) is 34.8 Å². The summed E-state index contributed by atoms with van der Waals surface area (Å²) in [4.78, 5) is 10.6. The van der Waals surface area contributed by atoms with E-state index in [9.17, 15) is 28.1 Å². The highest BCUT2D eigenvalue weighted by Crippen LogP contribution is 2.42. The highest BCUT2D eigenvalue weighted by molar-refractivity contribution is 7.70. The first-order valence-electron chi connectivity index (χ1n) is 8.89. The van der Waals surface area contributed by atoms with Gasteiger partial charge < -0.3 is 20.0 Å². The Hall–Kier alpha value is -2.89. The van der Waals surface area contributed by atoms with E-state index in [1.165, 1.54) is 31.7 Å². The van der Waals surface area contributed by atoms with Crippen molar-refractivity contribution in [1.29, 1.82) is 5.26 Å². The van der Waals surface area contributed by atoms with E-state index in [1.807, 2.05) is 6.07 Å². The SMILES string of the molecule is CC(CO)Nc1ncc(C(F)(F)F)c(-c2c[nH]c3c(P(C)(C)=O)c(C#N)ccc23)n1. The van der Waals surface area contributed by atoms with Crippen LogP contribution in [0.3, 0.4) is 0 Å². The van der Waals surface area contributed by atoms with Crippen LogP contribution < -0.4 is 10.6 Å². The predicted octanol–water partition coefficient (Wildman–Crippen LogP) is 3.56. The molecule has 0 saturated heterocycles. The molecular formula is C19H19F3N5O2P. The second kappa shape index (κ2) is 7.74. The van der Waals surface area contributed by atoms with Gasteiger partial charge in [-0.25, -0.2) is 9.97 Å². The van der Waals surface area contributed by atoms with E-state index in [-0.39, 0.29) is 34.7 Å². The molecule has 1 unspecified atom stereocenters. The second-order valence-electron chi connectivity index (χ2n) is 7.23. The number of nitrogens with one attached hydrogen (secondary N) is 2. The number of aromatic amines is 1. The molecule has 7 nitrogen and oxygen atoms in total. The number of benzene rings is 1. The van der Waals surface area contributed by atoms with Crippen LogP contribution in [-0.4, -0.2) is 46.0 Å².